The molecule has 1 unspecified atom stereocenters. The van der Waals surface area contributed by atoms with Crippen molar-refractivity contribution in [3.8, 4) is 0 Å². The number of pyridine rings is 1. The minimum atomic E-state index is -1.65. The predicted molar refractivity (Wildman–Crippen MR) is 107 cm³/mol. The molecule has 1 atom stereocenters. The molecule has 1 amide bonds. The van der Waals surface area contributed by atoms with Gasteiger partial charge in [0.1, 0.15) is 17.0 Å². The number of nitrogens with zero attached hydrogens (tertiary/aromatic N) is 1. The number of halogens is 2. The molecule has 2 aromatic heterocycles. The number of allylic oxidation sites excluding steroid dienone is 3. The topological polar surface area (TPSA) is 88.2 Å². The van der Waals surface area contributed by atoms with Crippen molar-refractivity contribution in [3.05, 3.63) is 58.5 Å². The number of alkyl halides is 1. The monoisotopic (exact) mass is 405 g/mol. The van der Waals surface area contributed by atoms with Crippen LogP contribution in [0.1, 0.15) is 41.9 Å². The second-order valence-electron chi connectivity index (χ2n) is 7.06. The summed E-state index contributed by atoms with van der Waals surface area (Å²) in [6, 6.07) is 4.81. The summed E-state index contributed by atoms with van der Waals surface area (Å²) in [5.41, 5.74) is 5.38. The minimum absolute atomic E-state index is 0.106. The van der Waals surface area contributed by atoms with Gasteiger partial charge in [-0.2, -0.15) is 0 Å². The van der Waals surface area contributed by atoms with Gasteiger partial charge in [-0.25, -0.2) is 8.78 Å². The van der Waals surface area contributed by atoms with Gasteiger partial charge in [0.2, 0.25) is 0 Å². The lowest BCUT2D eigenvalue weighted by atomic mass is 9.92. The van der Waals surface area contributed by atoms with Gasteiger partial charge in [0, 0.05) is 41.4 Å². The summed E-state index contributed by atoms with van der Waals surface area (Å²) in [4.78, 5) is 16.1. The fourth-order valence-corrected chi connectivity index (χ4v) is 4.21. The fourth-order valence-electron chi connectivity index (χ4n) is 3.02. The van der Waals surface area contributed by atoms with Crippen molar-refractivity contribution in [3.63, 3.8) is 0 Å². The number of carbonyl (C=O) groups excluding carboxylic acids is 1. The van der Waals surface area contributed by atoms with Crippen LogP contribution >= 0.6 is 11.3 Å². The molecule has 0 aliphatic heterocycles. The Morgan fingerprint density at radius 1 is 1.39 bits per heavy atom. The summed E-state index contributed by atoms with van der Waals surface area (Å²) >= 11 is 1.06. The van der Waals surface area contributed by atoms with Crippen LogP contribution < -0.4 is 11.1 Å². The van der Waals surface area contributed by atoms with E-state index in [1.807, 2.05) is 0 Å². The maximum Gasteiger partial charge on any atom is 0.251 e. The summed E-state index contributed by atoms with van der Waals surface area (Å²) < 4.78 is 29.8. The lowest BCUT2D eigenvalue weighted by molar-refractivity contribution is 0.100. The Morgan fingerprint density at radius 2 is 2.07 bits per heavy atom. The first-order valence-electron chi connectivity index (χ1n) is 8.72. The fraction of sp³-hybridized carbons (Fsp3) is 0.300. The van der Waals surface area contributed by atoms with E-state index in [9.17, 15) is 14.3 Å². The lowest BCUT2D eigenvalue weighted by Gasteiger charge is -2.22. The molecule has 0 saturated heterocycles. The first-order valence-corrected chi connectivity index (χ1v) is 9.54. The van der Waals surface area contributed by atoms with Crippen LogP contribution in [0.15, 0.2) is 48.1 Å². The van der Waals surface area contributed by atoms with Gasteiger partial charge in [0.15, 0.2) is 0 Å². The highest BCUT2D eigenvalue weighted by Crippen LogP contribution is 2.42. The van der Waals surface area contributed by atoms with Crippen molar-refractivity contribution in [2.45, 2.75) is 38.5 Å². The van der Waals surface area contributed by atoms with Gasteiger partial charge in [-0.3, -0.25) is 9.78 Å². The maximum absolute atomic E-state index is 15.0. The van der Waals surface area contributed by atoms with Crippen molar-refractivity contribution in [1.82, 2.24) is 4.98 Å². The molecule has 0 aromatic carbocycles. The molecule has 148 valence electrons. The molecule has 0 saturated carbocycles. The molecule has 0 bridgehead atoms. The number of aliphatic hydroxyl groups is 1. The van der Waals surface area contributed by atoms with Gasteiger partial charge in [-0.1, -0.05) is 6.08 Å². The number of hydrogen-bond donors (Lipinski definition) is 3. The number of thiophene rings is 1. The highest BCUT2D eigenvalue weighted by molar-refractivity contribution is 7.17. The van der Waals surface area contributed by atoms with Crippen LogP contribution in [0.2, 0.25) is 0 Å². The van der Waals surface area contributed by atoms with Crippen LogP contribution in [0.25, 0.3) is 5.57 Å². The largest absolute Gasteiger partial charge is 0.386 e. The van der Waals surface area contributed by atoms with E-state index in [2.05, 4.69) is 10.3 Å². The lowest BCUT2D eigenvalue weighted by Crippen LogP contribution is -2.24. The quantitative estimate of drug-likeness (QED) is 0.639. The third-order valence-corrected chi connectivity index (χ3v) is 5.60. The molecule has 1 aliphatic carbocycles. The zero-order valence-electron chi connectivity index (χ0n) is 15.5. The van der Waals surface area contributed by atoms with Gasteiger partial charge < -0.3 is 16.2 Å². The number of nitrogens with one attached hydrogen (secondary N) is 1. The summed E-state index contributed by atoms with van der Waals surface area (Å²) in [6.45, 7) is 3.09. The second kappa shape index (κ2) is 7.81. The SMILES string of the molecule is CC(C)(O)C1=CCC(F)=C(c2cc(C(N)=O)c(Nc3ccncc3)s2)C(F)C1. The van der Waals surface area contributed by atoms with Gasteiger partial charge >= 0.3 is 0 Å². The zero-order valence-corrected chi connectivity index (χ0v) is 16.3. The number of amides is 1. The van der Waals surface area contributed by atoms with Crippen molar-refractivity contribution in [2.75, 3.05) is 5.32 Å². The Hall–Kier alpha value is -2.58. The van der Waals surface area contributed by atoms with Crippen molar-refractivity contribution in [2.24, 2.45) is 5.73 Å². The number of nitrogens with two attached hydrogens (primary N) is 1. The van der Waals surface area contributed by atoms with E-state index in [0.717, 1.165) is 11.3 Å². The number of rotatable bonds is 5. The number of anilines is 2. The van der Waals surface area contributed by atoms with Crippen LogP contribution in [0.3, 0.4) is 0 Å². The smallest absolute Gasteiger partial charge is 0.251 e. The molecule has 5 nitrogen and oxygen atoms in total. The van der Waals surface area contributed by atoms with Crippen LogP contribution in [0, 0.1) is 0 Å². The van der Waals surface area contributed by atoms with E-state index >= 15 is 4.39 Å². The Morgan fingerprint density at radius 3 is 2.68 bits per heavy atom. The van der Waals surface area contributed by atoms with Gasteiger partial charge in [0.25, 0.3) is 5.91 Å². The van der Waals surface area contributed by atoms with Gasteiger partial charge in [-0.05, 0) is 37.6 Å². The Kier molecular flexibility index (Phi) is 5.62. The summed E-state index contributed by atoms with van der Waals surface area (Å²) in [6.07, 6.45) is 2.79. The van der Waals surface area contributed by atoms with Crippen molar-refractivity contribution >= 4 is 33.5 Å². The second-order valence-corrected chi connectivity index (χ2v) is 8.11. The summed E-state index contributed by atoms with van der Waals surface area (Å²) in [5, 5.41) is 13.6. The first-order chi connectivity index (χ1) is 13.2. The number of hydrogen-bond acceptors (Lipinski definition) is 5. The third kappa shape index (κ3) is 4.28. The average molecular weight is 405 g/mol. The number of primary amides is 1. The molecule has 0 spiro atoms. The van der Waals surface area contributed by atoms with Crippen molar-refractivity contribution in [1.29, 1.82) is 0 Å². The zero-order chi connectivity index (χ0) is 20.5. The molecule has 28 heavy (non-hydrogen) atoms. The van der Waals surface area contributed by atoms with Crippen LogP contribution in [-0.4, -0.2) is 27.8 Å². The molecule has 1 aliphatic rings. The maximum atomic E-state index is 15.0. The van der Waals surface area contributed by atoms with E-state index in [1.54, 1.807) is 38.4 Å². The van der Waals surface area contributed by atoms with E-state index < -0.39 is 23.5 Å². The standard InChI is InChI=1S/C20H21F2N3O2S/c1-20(2,27)11-3-4-14(21)17(15(22)9-11)16-10-13(18(23)26)19(28-16)25-12-5-7-24-8-6-12/h3,5-8,10,15,27H,4,9H2,1-2H3,(H2,23,26)(H,24,25). The molecule has 4 N–H and O–H groups in total. The first kappa shape index (κ1) is 20.2. The predicted octanol–water partition coefficient (Wildman–Crippen LogP) is 4.50. The minimum Gasteiger partial charge on any atom is -0.386 e. The molecular weight excluding hydrogens is 384 g/mol. The highest BCUT2D eigenvalue weighted by Gasteiger charge is 2.31. The normalized spacial score (nSPS) is 17.9. The molecule has 2 heterocycles. The molecule has 0 fully saturated rings. The Bertz CT molecular complexity index is 946. The van der Waals surface area contributed by atoms with Gasteiger partial charge in [0.05, 0.1) is 11.2 Å². The molecule has 8 heteroatoms. The van der Waals surface area contributed by atoms with E-state index in [-0.39, 0.29) is 24.0 Å². The van der Waals surface area contributed by atoms with Crippen LogP contribution in [0.5, 0.6) is 0 Å². The number of aromatic nitrogens is 1. The van der Waals surface area contributed by atoms with Gasteiger partial charge in [-0.15, -0.1) is 11.3 Å². The van der Waals surface area contributed by atoms with Crippen molar-refractivity contribution < 1.29 is 18.7 Å². The van der Waals surface area contributed by atoms with E-state index in [1.165, 1.54) is 12.1 Å². The van der Waals surface area contributed by atoms with Crippen LogP contribution in [0.4, 0.5) is 19.5 Å². The highest BCUT2D eigenvalue weighted by atomic mass is 32.1. The average Bonchev–Trinajstić information content (AvgIpc) is 2.94. The summed E-state index contributed by atoms with van der Waals surface area (Å²) in [7, 11) is 0. The summed E-state index contributed by atoms with van der Waals surface area (Å²) in [5.74, 6) is -1.32. The van der Waals surface area contributed by atoms with Crippen LogP contribution in [-0.2, 0) is 0 Å². The van der Waals surface area contributed by atoms with E-state index in [0.29, 0.717) is 21.1 Å². The van der Waals surface area contributed by atoms with E-state index in [4.69, 9.17) is 5.73 Å². The third-order valence-electron chi connectivity index (χ3n) is 4.52. The molecule has 3 rings (SSSR count). The molecule has 2 aromatic rings. The Labute approximate surface area is 165 Å². The molecule has 0 radical (unpaired) electrons. The molecular formula is C20H21F2N3O2S. The Balaban J connectivity index is 1.97. The number of carbonyl (C=O) groups is 1.